The molecule has 0 radical (unpaired) electrons. The largest absolute Gasteiger partial charge is 0.478 e. The highest BCUT2D eigenvalue weighted by Gasteiger charge is 2.26. The fraction of sp³-hybridized carbons (Fsp3) is 0.450. The van der Waals surface area contributed by atoms with Gasteiger partial charge in [-0.25, -0.2) is 9.18 Å². The topological polar surface area (TPSA) is 37.3 Å². The third-order valence-corrected chi connectivity index (χ3v) is 4.19. The van der Waals surface area contributed by atoms with Gasteiger partial charge in [0.2, 0.25) is 0 Å². The van der Waals surface area contributed by atoms with E-state index in [9.17, 15) is 9.18 Å². The molecule has 1 rings (SSSR count). The first-order chi connectivity index (χ1) is 10.8. The minimum atomic E-state index is -1.13. The second kappa shape index (κ2) is 8.66. The molecule has 0 aliphatic heterocycles. The molecule has 126 valence electrons. The summed E-state index contributed by atoms with van der Waals surface area (Å²) in [5.41, 5.74) is 4.25. The summed E-state index contributed by atoms with van der Waals surface area (Å²) in [7, 11) is 0. The zero-order valence-electron chi connectivity index (χ0n) is 14.5. The van der Waals surface area contributed by atoms with Crippen molar-refractivity contribution in [1.29, 1.82) is 0 Å². The van der Waals surface area contributed by atoms with Crippen LogP contribution in [0.3, 0.4) is 0 Å². The van der Waals surface area contributed by atoms with Crippen LogP contribution in [-0.2, 0) is 4.79 Å². The van der Waals surface area contributed by atoms with E-state index in [0.29, 0.717) is 0 Å². The lowest BCUT2D eigenvalue weighted by molar-refractivity contribution is -0.131. The first-order valence-corrected chi connectivity index (χ1v) is 7.99. The van der Waals surface area contributed by atoms with Gasteiger partial charge in [0.1, 0.15) is 6.67 Å². The van der Waals surface area contributed by atoms with Crippen LogP contribution in [-0.4, -0.2) is 17.8 Å². The van der Waals surface area contributed by atoms with Gasteiger partial charge < -0.3 is 5.11 Å². The average molecular weight is 318 g/mol. The Bertz CT molecular complexity index is 587. The average Bonchev–Trinajstić information content (AvgIpc) is 2.44. The van der Waals surface area contributed by atoms with Crippen molar-refractivity contribution < 1.29 is 14.3 Å². The molecule has 0 aromatic rings. The lowest BCUT2D eigenvalue weighted by Gasteiger charge is -2.32. The zero-order chi connectivity index (χ0) is 17.5. The van der Waals surface area contributed by atoms with E-state index in [1.54, 1.807) is 6.08 Å². The standard InChI is InChI=1S/C20H27FO2/c1-15(7-5-9-17(14-21)13-19(22)23)10-11-18-16(2)8-6-12-20(18,3)4/h5,7,9-11,13H,6,8,12,14H2,1-4H3,(H,22,23)/b9-5+,11-10+,15-7+,17-13-. The molecule has 0 spiro atoms. The Morgan fingerprint density at radius 1 is 1.35 bits per heavy atom. The Balaban J connectivity index is 2.82. The molecule has 0 unspecified atom stereocenters. The molecule has 0 fully saturated rings. The van der Waals surface area contributed by atoms with Gasteiger partial charge in [0.05, 0.1) is 0 Å². The molecule has 0 atom stereocenters. The summed E-state index contributed by atoms with van der Waals surface area (Å²) in [5, 5.41) is 8.62. The number of aliphatic carboxylic acids is 1. The maximum absolute atomic E-state index is 12.6. The van der Waals surface area contributed by atoms with Gasteiger partial charge >= 0.3 is 5.97 Å². The van der Waals surface area contributed by atoms with Crippen molar-refractivity contribution in [3.05, 3.63) is 58.7 Å². The number of halogens is 1. The fourth-order valence-corrected chi connectivity index (χ4v) is 2.89. The minimum absolute atomic E-state index is 0.150. The Labute approximate surface area is 138 Å². The molecule has 0 heterocycles. The highest BCUT2D eigenvalue weighted by Crippen LogP contribution is 2.40. The van der Waals surface area contributed by atoms with Crippen LogP contribution in [0.15, 0.2) is 58.7 Å². The molecule has 0 amide bonds. The molecular weight excluding hydrogens is 291 g/mol. The van der Waals surface area contributed by atoms with Crippen molar-refractivity contribution in [2.75, 3.05) is 6.67 Å². The number of rotatable bonds is 6. The van der Waals surface area contributed by atoms with Crippen molar-refractivity contribution in [3.63, 3.8) is 0 Å². The van der Waals surface area contributed by atoms with E-state index >= 15 is 0 Å². The van der Waals surface area contributed by atoms with Crippen LogP contribution in [0.1, 0.15) is 47.0 Å². The molecule has 0 aromatic carbocycles. The summed E-state index contributed by atoms with van der Waals surface area (Å²) in [4.78, 5) is 10.5. The van der Waals surface area contributed by atoms with Crippen LogP contribution in [0.2, 0.25) is 0 Å². The van der Waals surface area contributed by atoms with E-state index in [0.717, 1.165) is 18.1 Å². The monoisotopic (exact) mass is 318 g/mol. The zero-order valence-corrected chi connectivity index (χ0v) is 14.5. The lowest BCUT2D eigenvalue weighted by Crippen LogP contribution is -2.19. The summed E-state index contributed by atoms with van der Waals surface area (Å²) < 4.78 is 12.6. The Hall–Kier alpha value is -1.90. The van der Waals surface area contributed by atoms with Crippen molar-refractivity contribution in [2.24, 2.45) is 5.41 Å². The molecule has 0 saturated heterocycles. The van der Waals surface area contributed by atoms with Gasteiger partial charge in [0.15, 0.2) is 0 Å². The molecule has 0 saturated carbocycles. The van der Waals surface area contributed by atoms with Crippen LogP contribution in [0.4, 0.5) is 4.39 Å². The van der Waals surface area contributed by atoms with Gasteiger partial charge in [-0.3, -0.25) is 0 Å². The van der Waals surface area contributed by atoms with Crippen molar-refractivity contribution in [1.82, 2.24) is 0 Å². The summed E-state index contributed by atoms with van der Waals surface area (Å²) >= 11 is 0. The summed E-state index contributed by atoms with van der Waals surface area (Å²) in [6, 6.07) is 0. The van der Waals surface area contributed by atoms with Crippen LogP contribution in [0.25, 0.3) is 0 Å². The molecule has 0 bridgehead atoms. The lowest BCUT2D eigenvalue weighted by atomic mass is 9.72. The summed E-state index contributed by atoms with van der Waals surface area (Å²) in [6.07, 6.45) is 13.8. The Morgan fingerprint density at radius 3 is 2.61 bits per heavy atom. The first-order valence-electron chi connectivity index (χ1n) is 7.99. The van der Waals surface area contributed by atoms with Gasteiger partial charge in [-0.15, -0.1) is 0 Å². The van der Waals surface area contributed by atoms with Crippen molar-refractivity contribution in [2.45, 2.75) is 47.0 Å². The quantitative estimate of drug-likeness (QED) is 0.515. The number of alkyl halides is 1. The van der Waals surface area contributed by atoms with E-state index in [4.69, 9.17) is 5.11 Å². The first kappa shape index (κ1) is 19.1. The van der Waals surface area contributed by atoms with Crippen molar-refractivity contribution >= 4 is 5.97 Å². The Morgan fingerprint density at radius 2 is 2.04 bits per heavy atom. The summed E-state index contributed by atoms with van der Waals surface area (Å²) in [5.74, 6) is -1.13. The number of hydrogen-bond acceptors (Lipinski definition) is 1. The molecule has 1 aliphatic carbocycles. The second-order valence-electron chi connectivity index (χ2n) is 6.73. The third kappa shape index (κ3) is 6.39. The van der Waals surface area contributed by atoms with Gasteiger partial charge in [0.25, 0.3) is 0 Å². The fourth-order valence-electron chi connectivity index (χ4n) is 2.89. The number of carbonyl (C=O) groups is 1. The molecule has 3 heteroatoms. The SMILES string of the molecule is CC1=C(/C=C/C(C)=C/C=C/C(=C/C(=O)O)CF)C(C)(C)CCC1. The smallest absolute Gasteiger partial charge is 0.328 e. The third-order valence-electron chi connectivity index (χ3n) is 4.19. The van der Waals surface area contributed by atoms with Crippen LogP contribution in [0.5, 0.6) is 0 Å². The number of hydrogen-bond donors (Lipinski definition) is 1. The predicted molar refractivity (Wildman–Crippen MR) is 94.1 cm³/mol. The Kier molecular flexibility index (Phi) is 7.21. The summed E-state index contributed by atoms with van der Waals surface area (Å²) in [6.45, 7) is 7.94. The van der Waals surface area contributed by atoms with Crippen LogP contribution < -0.4 is 0 Å². The normalized spacial score (nSPS) is 19.9. The molecule has 2 nitrogen and oxygen atoms in total. The molecule has 1 N–H and O–H groups in total. The van der Waals surface area contributed by atoms with E-state index in [1.807, 2.05) is 13.0 Å². The van der Waals surface area contributed by atoms with E-state index in [1.165, 1.54) is 30.1 Å². The van der Waals surface area contributed by atoms with Crippen LogP contribution in [0, 0.1) is 5.41 Å². The molecule has 0 aromatic heterocycles. The highest BCUT2D eigenvalue weighted by atomic mass is 19.1. The predicted octanol–water partition coefficient (Wildman–Crippen LogP) is 5.55. The molecular formula is C20H27FO2. The molecule has 1 aliphatic rings. The molecule has 23 heavy (non-hydrogen) atoms. The number of carboxylic acids is 1. The van der Waals surface area contributed by atoms with Gasteiger partial charge in [-0.2, -0.15) is 0 Å². The number of carboxylic acid groups (broad SMARTS) is 1. The van der Waals surface area contributed by atoms with E-state index < -0.39 is 12.6 Å². The number of allylic oxidation sites excluding steroid dienone is 9. The van der Waals surface area contributed by atoms with Crippen LogP contribution >= 0.6 is 0 Å². The minimum Gasteiger partial charge on any atom is -0.478 e. The highest BCUT2D eigenvalue weighted by molar-refractivity contribution is 5.81. The second-order valence-corrected chi connectivity index (χ2v) is 6.73. The van der Waals surface area contributed by atoms with E-state index in [2.05, 4.69) is 32.9 Å². The van der Waals surface area contributed by atoms with Gasteiger partial charge in [-0.1, -0.05) is 55.4 Å². The van der Waals surface area contributed by atoms with Gasteiger partial charge in [0, 0.05) is 6.08 Å². The maximum Gasteiger partial charge on any atom is 0.328 e. The van der Waals surface area contributed by atoms with Crippen molar-refractivity contribution in [3.8, 4) is 0 Å². The maximum atomic E-state index is 12.6. The van der Waals surface area contributed by atoms with Gasteiger partial charge in [-0.05, 0) is 49.7 Å². The van der Waals surface area contributed by atoms with E-state index in [-0.39, 0.29) is 11.0 Å².